The van der Waals surface area contributed by atoms with E-state index in [1.54, 1.807) is 57.2 Å². The van der Waals surface area contributed by atoms with Gasteiger partial charge in [-0.25, -0.2) is 50.5 Å². The monoisotopic (exact) mass is 2260 g/mol. The molecule has 0 aliphatic heterocycles. The summed E-state index contributed by atoms with van der Waals surface area (Å²) in [5.41, 5.74) is 25.9. The van der Waals surface area contributed by atoms with Crippen LogP contribution in [0.3, 0.4) is 0 Å². The van der Waals surface area contributed by atoms with Crippen molar-refractivity contribution in [3.05, 3.63) is 193 Å². The van der Waals surface area contributed by atoms with Gasteiger partial charge in [0, 0.05) is 63.2 Å². The predicted octanol–water partition coefficient (Wildman–Crippen LogP) is -4.41. The number of azo groups is 6. The number of hydrogen-bond donors (Lipinski definition) is 7. The van der Waals surface area contributed by atoms with Gasteiger partial charge < -0.3 is 80.3 Å². The molecule has 0 amide bonds. The van der Waals surface area contributed by atoms with Gasteiger partial charge in [0.1, 0.15) is 133 Å². The van der Waals surface area contributed by atoms with Gasteiger partial charge in [-0.2, -0.15) is 85.3 Å². The Morgan fingerprint density at radius 2 is 0.490 bits per heavy atom. The van der Waals surface area contributed by atoms with Crippen molar-refractivity contribution in [2.24, 2.45) is 61.4 Å². The molecule has 0 saturated carbocycles. The van der Waals surface area contributed by atoms with E-state index >= 15 is 0 Å². The number of methoxy groups -OCH3 is 6. The number of nitrogens with two attached hydrogens (primary N) is 4. The molecule has 0 aliphatic rings. The van der Waals surface area contributed by atoms with Crippen molar-refractivity contribution in [1.29, 1.82) is 0 Å². The van der Waals surface area contributed by atoms with Crippen LogP contribution >= 0.6 is 0 Å². The summed E-state index contributed by atoms with van der Waals surface area (Å²) in [4.78, 5) is -1.13. The van der Waals surface area contributed by atoms with Crippen molar-refractivity contribution < 1.29 is 323 Å². The Kier molecular flexibility index (Phi) is 64.3. The van der Waals surface area contributed by atoms with Crippen LogP contribution in [0.5, 0.6) is 51.7 Å². The molecule has 756 valence electrons. The van der Waals surface area contributed by atoms with E-state index in [4.69, 9.17) is 89.2 Å². The molecule has 0 radical (unpaired) electrons. The van der Waals surface area contributed by atoms with Gasteiger partial charge in [-0.3, -0.25) is 0 Å². The zero-order valence-electron chi connectivity index (χ0n) is 82.1. The Labute approximate surface area is 982 Å². The number of nitrogen functional groups attached to an aromatic ring is 4. The van der Waals surface area contributed by atoms with E-state index < -0.39 is 141 Å². The first kappa shape index (κ1) is 142. The van der Waals surface area contributed by atoms with Crippen LogP contribution in [0.15, 0.2) is 255 Å². The molecule has 64 heteroatoms. The molecule has 0 saturated heterocycles. The van der Waals surface area contributed by atoms with Gasteiger partial charge in [-0.15, -0.1) is 84.7 Å². The molecule has 0 aliphatic carbocycles. The van der Waals surface area contributed by atoms with Gasteiger partial charge in [0.25, 0.3) is 0 Å². The number of ether oxygens (including phenoxy) is 6. The van der Waals surface area contributed by atoms with Crippen LogP contribution in [-0.2, 0) is 91.7 Å². The van der Waals surface area contributed by atoms with E-state index in [0.717, 1.165) is 29.3 Å². The molecule has 0 unspecified atom stereocenters. The van der Waals surface area contributed by atoms with Crippen LogP contribution in [-0.4, -0.2) is 198 Å². The summed E-state index contributed by atoms with van der Waals surface area (Å²) in [6, 6.07) is 48.4. The molecule has 147 heavy (non-hydrogen) atoms. The molecule has 12 aromatic rings. The van der Waals surface area contributed by atoms with Crippen molar-refractivity contribution in [3.8, 4) is 51.7 Å². The average molecular weight is 2260 g/mol. The molecular weight excluding hydrogens is 2180 g/mol. The third-order valence-corrected chi connectivity index (χ3v) is 25.7. The van der Waals surface area contributed by atoms with E-state index in [0.29, 0.717) is 54.7 Å². The number of fused-ring (bicyclic) bond motifs is 3. The van der Waals surface area contributed by atoms with Crippen molar-refractivity contribution in [1.82, 2.24) is 0 Å². The summed E-state index contributed by atoms with van der Waals surface area (Å²) in [5.74, 6) is 0.147. The Hall–Kier alpha value is -9.14. The molecule has 0 heterocycles. The van der Waals surface area contributed by atoms with Crippen molar-refractivity contribution in [2.45, 2.75) is 64.0 Å². The van der Waals surface area contributed by atoms with Crippen LogP contribution in [0.2, 0.25) is 0 Å². The Balaban J connectivity index is -0.00000170. The van der Waals surface area contributed by atoms with Gasteiger partial charge in [0.15, 0.2) is 29.5 Å². The molecule has 0 aromatic heterocycles. The van der Waals surface area contributed by atoms with E-state index in [1.165, 1.54) is 149 Å². The number of phenolic OH excluding ortho intramolecular Hbond substituents is 3. The second-order valence-corrected chi connectivity index (χ2v) is 38.9. The summed E-state index contributed by atoms with van der Waals surface area (Å²) in [7, 11) is -20.6. The van der Waals surface area contributed by atoms with E-state index in [9.17, 15) is 79.5 Å². The topological polar surface area (TPSA) is 796 Å². The number of phenols is 3. The fourth-order valence-electron chi connectivity index (χ4n) is 11.3. The van der Waals surface area contributed by atoms with Crippen molar-refractivity contribution in [2.75, 3.05) is 104 Å². The number of aryl methyl sites for hydroxylation is 2. The maximum atomic E-state index is 11.8. The standard InChI is InChI=1S/3C19H18N5O6S.2C9H12O2S.C8H11NO2S.6Na.3O3S/c3*1-21-22-12-8-15(30-3)13(9-14(12)29-2)23-24-18-16(31(26,27)28)7-10-5-4-6-11(20)17(10)19(18)25;2*1-3-12(10,11)9-6-4-8(2)5-7-9;1-2-12(10,11)8-5-3-7(9)4-6-8;;;;;;;3*1-4(2)3/h3*5-9,25H,20H2,1-3H3,(H,26,27,28);2*4-7H,3H2,1-2H3;3-6H,2,9H2,1H3;;;;;;;;;/q3*-1;;;;6*+1;;;/p-3. The number of anilines is 4. The average Bonchev–Trinajstić information content (AvgIpc) is 0.767. The van der Waals surface area contributed by atoms with Crippen LogP contribution in [0, 0.1) is 32.0 Å². The van der Waals surface area contributed by atoms with Crippen LogP contribution in [0.4, 0.5) is 73.9 Å². The molecule has 0 spiro atoms. The van der Waals surface area contributed by atoms with Crippen molar-refractivity contribution >= 4 is 198 Å². The summed E-state index contributed by atoms with van der Waals surface area (Å²) < 4.78 is 282. The number of hydrogen-bond acceptors (Lipinski definition) is 49. The quantitative estimate of drug-likeness (QED) is 0.00987. The first-order valence-corrected chi connectivity index (χ1v) is 50.8. The minimum absolute atomic E-state index is 0. The molecule has 0 atom stereocenters. The van der Waals surface area contributed by atoms with Crippen LogP contribution < -0.4 is 229 Å². The van der Waals surface area contributed by atoms with Crippen LogP contribution in [0.1, 0.15) is 31.9 Å². The predicted molar refractivity (Wildman–Crippen MR) is 508 cm³/mol. The molecule has 12 rings (SSSR count). The zero-order valence-corrected chi connectivity index (χ0v) is 101. The first-order chi connectivity index (χ1) is 66.0. The summed E-state index contributed by atoms with van der Waals surface area (Å²) in [6.07, 6.45) is 0. The van der Waals surface area contributed by atoms with E-state index in [-0.39, 0.29) is 278 Å². The second kappa shape index (κ2) is 66.5. The largest absolute Gasteiger partial charge is 1.00 e. The minimum atomic E-state index is -5.01. The van der Waals surface area contributed by atoms with Gasteiger partial charge in [-0.05, 0) is 62.4 Å². The summed E-state index contributed by atoms with van der Waals surface area (Å²) in [6.45, 7) is 8.78. The maximum absolute atomic E-state index is 11.8. The third-order valence-electron chi connectivity index (χ3n) is 17.9. The van der Waals surface area contributed by atoms with Gasteiger partial charge in [-0.1, -0.05) is 108 Å². The molecule has 49 nitrogen and oxygen atoms in total. The SMILES string of the molecule is CCS(=O)(=O)c1ccc(C)cc1.CCS(=O)(=O)c1ccc(C)cc1.CCS(=O)(=O)c1ccc(N)cc1.CN=Nc1cc(OC)c(N=Nc2c(S(=O)(=O)[O-])cc3c[c-]cc(N)c3c2O)cc1OC.CN=Nc1cc(OC)c(N=Nc2c(S(=O)(=O)[O-])cc3c[c-]cc(N)c3c2O)cc1OC.CN=Nc1cc(OC)c(N=Nc2c(S(=O)(=O)[O-])cc3c[c-]cc(N)c3c2O)cc1OC.O=S(=O)=O.O=S(=O)=O.O=S(=O)=O.[Na+].[Na+].[Na+].[Na+].[Na+].[Na+]. The van der Waals surface area contributed by atoms with E-state index in [1.807, 2.05) is 38.1 Å². The number of nitrogens with zero attached hydrogens (tertiary/aromatic N) is 12. The number of benzene rings is 12. The Morgan fingerprint density at radius 3 is 0.660 bits per heavy atom. The fourth-order valence-corrected chi connectivity index (χ4v) is 15.9. The van der Waals surface area contributed by atoms with Crippen molar-refractivity contribution in [3.63, 3.8) is 0 Å². The first-order valence-electron chi connectivity index (χ1n) is 38.6. The third kappa shape index (κ3) is 43.3. The second-order valence-electron chi connectivity index (χ2n) is 26.8. The number of aromatic hydroxyl groups is 3. The number of sulfone groups is 3. The Bertz CT molecular complexity index is 7170. The van der Waals surface area contributed by atoms with E-state index in [2.05, 4.69) is 79.6 Å². The van der Waals surface area contributed by atoms with Gasteiger partial charge in [0.2, 0.25) is 0 Å². The molecule has 0 fully saturated rings. The minimum Gasteiger partial charge on any atom is -0.744 e. The van der Waals surface area contributed by atoms with Gasteiger partial charge in [0.05, 0.1) is 89.3 Å². The maximum Gasteiger partial charge on any atom is 1.00 e. The van der Waals surface area contributed by atoms with Gasteiger partial charge >= 0.3 is 209 Å². The Morgan fingerprint density at radius 1 is 0.306 bits per heavy atom. The normalized spacial score (nSPS) is 11.0. The smallest absolute Gasteiger partial charge is 0.744 e. The summed E-state index contributed by atoms with van der Waals surface area (Å²) in [5, 5.41) is 79.2. The van der Waals surface area contributed by atoms with Crippen LogP contribution in [0.25, 0.3) is 32.3 Å². The molecule has 11 N–H and O–H groups in total. The zero-order chi connectivity index (χ0) is 107. The fraction of sp³-hybridized carbons (Fsp3) is 0.205. The molecular formula is C83H86N16Na6O33S9. The summed E-state index contributed by atoms with van der Waals surface area (Å²) >= 11 is 0. The number of rotatable bonds is 24. The molecule has 12 aromatic carbocycles. The molecule has 0 bridgehead atoms.